The van der Waals surface area contributed by atoms with Gasteiger partial charge in [0.25, 0.3) is 0 Å². The summed E-state index contributed by atoms with van der Waals surface area (Å²) in [7, 11) is 0. The molecule has 5 unspecified atom stereocenters. The summed E-state index contributed by atoms with van der Waals surface area (Å²) in [5, 5.41) is 37.9. The zero-order chi connectivity index (χ0) is 25.1. The van der Waals surface area contributed by atoms with Crippen LogP contribution in [-0.4, -0.2) is 87.7 Å². The number of aliphatic carboxylic acids is 2. The molecule has 0 saturated carbocycles. The lowest BCUT2D eigenvalue weighted by molar-refractivity contribution is -0.143. The number of nitrogens with one attached hydrogen (secondary N) is 4. The van der Waals surface area contributed by atoms with Gasteiger partial charge in [-0.2, -0.15) is 0 Å². The van der Waals surface area contributed by atoms with Gasteiger partial charge in [0, 0.05) is 12.8 Å². The van der Waals surface area contributed by atoms with Crippen molar-refractivity contribution in [3.63, 3.8) is 0 Å². The van der Waals surface area contributed by atoms with E-state index in [1.54, 1.807) is 0 Å². The lowest BCUT2D eigenvalue weighted by atomic mass is 10.1. The van der Waals surface area contributed by atoms with Crippen LogP contribution >= 0.6 is 0 Å². The molecule has 186 valence electrons. The zero-order valence-corrected chi connectivity index (χ0v) is 18.2. The molecule has 0 aliphatic carbocycles. The Balaban J connectivity index is 2.91. The third kappa shape index (κ3) is 9.82. The molecule has 5 atom stereocenters. The Morgan fingerprint density at radius 2 is 1.58 bits per heavy atom. The van der Waals surface area contributed by atoms with Crippen LogP contribution in [0.1, 0.15) is 45.4 Å². The Kier molecular flexibility index (Phi) is 11.2. The fourth-order valence-electron chi connectivity index (χ4n) is 3.18. The number of aliphatic hydroxyl groups is 1. The predicted octanol–water partition coefficient (Wildman–Crippen LogP) is -3.21. The van der Waals surface area contributed by atoms with Crippen LogP contribution in [0.2, 0.25) is 0 Å². The van der Waals surface area contributed by atoms with Crippen molar-refractivity contribution in [1.29, 1.82) is 0 Å². The second-order valence-electron chi connectivity index (χ2n) is 7.77. The normalized spacial score (nSPS) is 18.9. The van der Waals surface area contributed by atoms with Crippen LogP contribution in [0, 0.1) is 0 Å². The molecule has 14 nitrogen and oxygen atoms in total. The fraction of sp³-hybridized carbons (Fsp3) is 0.684. The number of carbonyl (C=O) groups is 6. The molecule has 1 heterocycles. The molecule has 0 radical (unpaired) electrons. The third-order valence-corrected chi connectivity index (χ3v) is 5.01. The molecule has 1 aliphatic heterocycles. The Morgan fingerprint density at radius 3 is 2.06 bits per heavy atom. The molecular weight excluding hydrogens is 442 g/mol. The topological polar surface area (TPSA) is 237 Å². The van der Waals surface area contributed by atoms with Crippen molar-refractivity contribution in [2.24, 2.45) is 5.73 Å². The number of hydrogen-bond donors (Lipinski definition) is 8. The number of aliphatic hydroxyl groups excluding tert-OH is 1. The van der Waals surface area contributed by atoms with E-state index in [0.717, 1.165) is 6.42 Å². The van der Waals surface area contributed by atoms with Gasteiger partial charge in [0.15, 0.2) is 0 Å². The summed E-state index contributed by atoms with van der Waals surface area (Å²) >= 11 is 0. The molecule has 0 spiro atoms. The smallest absolute Gasteiger partial charge is 0.326 e. The van der Waals surface area contributed by atoms with Crippen molar-refractivity contribution in [2.75, 3.05) is 6.54 Å². The van der Waals surface area contributed by atoms with Gasteiger partial charge in [-0.05, 0) is 39.2 Å². The van der Waals surface area contributed by atoms with Gasteiger partial charge in [-0.15, -0.1) is 0 Å². The zero-order valence-electron chi connectivity index (χ0n) is 18.2. The van der Waals surface area contributed by atoms with Gasteiger partial charge >= 0.3 is 11.9 Å². The standard InChI is InChI=1S/C19H31N5O9/c1-9(25)15(24-16(29)10-3-2-8-21-10)18(31)22-11(5-7-14(27)28)17(30)23-12(19(32)33)4-6-13(20)26/h9-12,15,21,25H,2-8H2,1H3,(H2,20,26)(H,22,31)(H,23,30)(H,24,29)(H,27,28)(H,32,33). The maximum Gasteiger partial charge on any atom is 0.326 e. The minimum Gasteiger partial charge on any atom is -0.481 e. The van der Waals surface area contributed by atoms with Crippen molar-refractivity contribution in [2.45, 2.75) is 75.7 Å². The highest BCUT2D eigenvalue weighted by molar-refractivity contribution is 5.94. The highest BCUT2D eigenvalue weighted by Crippen LogP contribution is 2.07. The van der Waals surface area contributed by atoms with Crippen LogP contribution in [-0.2, 0) is 28.8 Å². The van der Waals surface area contributed by atoms with Gasteiger partial charge in [-0.25, -0.2) is 4.79 Å². The molecule has 1 rings (SSSR count). The maximum absolute atomic E-state index is 12.7. The molecule has 0 bridgehead atoms. The number of rotatable bonds is 14. The minimum absolute atomic E-state index is 0.309. The quantitative estimate of drug-likeness (QED) is 0.126. The molecule has 9 N–H and O–H groups in total. The first kappa shape index (κ1) is 27.8. The largest absolute Gasteiger partial charge is 0.481 e. The number of carboxylic acid groups (broad SMARTS) is 2. The van der Waals surface area contributed by atoms with Crippen LogP contribution in [0.25, 0.3) is 0 Å². The molecule has 0 aromatic carbocycles. The molecular formula is C19H31N5O9. The van der Waals surface area contributed by atoms with Crippen molar-refractivity contribution >= 4 is 35.6 Å². The van der Waals surface area contributed by atoms with E-state index in [1.807, 2.05) is 0 Å². The van der Waals surface area contributed by atoms with Crippen molar-refractivity contribution < 1.29 is 44.1 Å². The summed E-state index contributed by atoms with van der Waals surface area (Å²) in [6.45, 7) is 1.88. The average Bonchev–Trinajstić information content (AvgIpc) is 3.26. The molecule has 1 saturated heterocycles. The van der Waals surface area contributed by atoms with Crippen LogP contribution in [0.4, 0.5) is 0 Å². The summed E-state index contributed by atoms with van der Waals surface area (Å²) in [5.74, 6) is -5.97. The Bertz CT molecular complexity index is 752. The first-order valence-corrected chi connectivity index (χ1v) is 10.5. The molecule has 14 heteroatoms. The van der Waals surface area contributed by atoms with Crippen LogP contribution in [0.5, 0.6) is 0 Å². The van der Waals surface area contributed by atoms with Gasteiger partial charge in [-0.1, -0.05) is 0 Å². The van der Waals surface area contributed by atoms with Crippen molar-refractivity contribution in [1.82, 2.24) is 21.3 Å². The lowest BCUT2D eigenvalue weighted by Crippen LogP contribution is -2.59. The van der Waals surface area contributed by atoms with E-state index in [9.17, 15) is 39.0 Å². The van der Waals surface area contributed by atoms with Crippen LogP contribution in [0.3, 0.4) is 0 Å². The van der Waals surface area contributed by atoms with E-state index in [1.165, 1.54) is 6.92 Å². The average molecular weight is 473 g/mol. The lowest BCUT2D eigenvalue weighted by Gasteiger charge is -2.26. The molecule has 0 aromatic heterocycles. The van der Waals surface area contributed by atoms with Crippen LogP contribution in [0.15, 0.2) is 0 Å². The number of carbonyl (C=O) groups excluding carboxylic acids is 4. The van der Waals surface area contributed by atoms with E-state index in [0.29, 0.717) is 13.0 Å². The highest BCUT2D eigenvalue weighted by Gasteiger charge is 2.33. The van der Waals surface area contributed by atoms with E-state index in [2.05, 4.69) is 21.3 Å². The van der Waals surface area contributed by atoms with Gasteiger partial charge in [0.1, 0.15) is 18.1 Å². The molecule has 0 aromatic rings. The highest BCUT2D eigenvalue weighted by atomic mass is 16.4. The van der Waals surface area contributed by atoms with E-state index < -0.39 is 72.3 Å². The fourth-order valence-corrected chi connectivity index (χ4v) is 3.18. The second-order valence-corrected chi connectivity index (χ2v) is 7.77. The summed E-state index contributed by atoms with van der Waals surface area (Å²) in [4.78, 5) is 70.9. The van der Waals surface area contributed by atoms with Crippen LogP contribution < -0.4 is 27.0 Å². The van der Waals surface area contributed by atoms with Gasteiger partial charge in [-0.3, -0.25) is 24.0 Å². The first-order valence-electron chi connectivity index (χ1n) is 10.5. The monoisotopic (exact) mass is 473 g/mol. The summed E-state index contributed by atoms with van der Waals surface area (Å²) < 4.78 is 0. The summed E-state index contributed by atoms with van der Waals surface area (Å²) in [6, 6.07) is -4.96. The summed E-state index contributed by atoms with van der Waals surface area (Å²) in [6.07, 6.45) is -1.59. The number of hydrogen-bond acceptors (Lipinski definition) is 8. The Labute approximate surface area is 189 Å². The van der Waals surface area contributed by atoms with Gasteiger partial charge < -0.3 is 42.3 Å². The minimum atomic E-state index is -1.50. The van der Waals surface area contributed by atoms with Crippen molar-refractivity contribution in [3.05, 3.63) is 0 Å². The number of carboxylic acids is 2. The first-order chi connectivity index (χ1) is 15.4. The predicted molar refractivity (Wildman–Crippen MR) is 111 cm³/mol. The molecule has 4 amide bonds. The second kappa shape index (κ2) is 13.3. The third-order valence-electron chi connectivity index (χ3n) is 5.01. The Hall–Kier alpha value is -3.26. The Morgan fingerprint density at radius 1 is 0.970 bits per heavy atom. The van der Waals surface area contributed by atoms with E-state index in [-0.39, 0.29) is 19.3 Å². The number of nitrogens with two attached hydrogens (primary N) is 1. The maximum atomic E-state index is 12.7. The van der Waals surface area contributed by atoms with Gasteiger partial charge in [0.2, 0.25) is 23.6 Å². The van der Waals surface area contributed by atoms with Crippen molar-refractivity contribution in [3.8, 4) is 0 Å². The molecule has 1 fully saturated rings. The number of amides is 4. The molecule has 33 heavy (non-hydrogen) atoms. The molecule has 1 aliphatic rings. The SMILES string of the molecule is CC(O)C(NC(=O)C1CCCN1)C(=O)NC(CCC(=O)O)C(=O)NC(CCC(N)=O)C(=O)O. The van der Waals surface area contributed by atoms with E-state index in [4.69, 9.17) is 10.8 Å². The number of primary amides is 1. The summed E-state index contributed by atoms with van der Waals surface area (Å²) in [5.41, 5.74) is 5.00. The van der Waals surface area contributed by atoms with E-state index >= 15 is 0 Å². The van der Waals surface area contributed by atoms with Gasteiger partial charge in [0.05, 0.1) is 12.1 Å².